The molecular formula is C12H19N3OS. The Balaban J connectivity index is 1.89. The molecular weight excluding hydrogens is 234 g/mol. The molecule has 94 valence electrons. The highest BCUT2D eigenvalue weighted by molar-refractivity contribution is 7.13. The number of hydrogen-bond acceptors (Lipinski definition) is 4. The van der Waals surface area contributed by atoms with Crippen molar-refractivity contribution >= 4 is 22.4 Å². The smallest absolute Gasteiger partial charge is 0.243 e. The van der Waals surface area contributed by atoms with Crippen molar-refractivity contribution in [1.29, 1.82) is 0 Å². The summed E-state index contributed by atoms with van der Waals surface area (Å²) in [6, 6.07) is -0.0583. The minimum absolute atomic E-state index is 0.0573. The maximum absolute atomic E-state index is 12.0. The molecule has 0 saturated carbocycles. The molecule has 1 atom stereocenters. The van der Waals surface area contributed by atoms with E-state index in [1.54, 1.807) is 6.20 Å². The minimum atomic E-state index is -0.0583. The maximum atomic E-state index is 12.0. The third-order valence-corrected chi connectivity index (χ3v) is 3.92. The highest BCUT2D eigenvalue weighted by Crippen LogP contribution is 2.15. The van der Waals surface area contributed by atoms with Gasteiger partial charge in [-0.3, -0.25) is 9.69 Å². The van der Waals surface area contributed by atoms with Crippen LogP contribution < -0.4 is 5.32 Å². The molecule has 0 aromatic carbocycles. The Labute approximate surface area is 106 Å². The van der Waals surface area contributed by atoms with Crippen LogP contribution in [0.4, 0.5) is 5.13 Å². The van der Waals surface area contributed by atoms with Crippen LogP contribution in [0.1, 0.15) is 32.6 Å². The van der Waals surface area contributed by atoms with E-state index in [0.29, 0.717) is 5.13 Å². The van der Waals surface area contributed by atoms with E-state index in [9.17, 15) is 4.79 Å². The standard InChI is InChI=1S/C12H19N3OS/c1-10(15-7-4-2-3-5-8-15)11(16)14-12-13-6-9-17-12/h6,9-10H,2-5,7-8H2,1H3,(H,13,14,16)/t10-/m0/s1. The lowest BCUT2D eigenvalue weighted by molar-refractivity contribution is -0.120. The molecule has 1 aliphatic rings. The van der Waals surface area contributed by atoms with Crippen molar-refractivity contribution < 1.29 is 4.79 Å². The number of rotatable bonds is 3. The summed E-state index contributed by atoms with van der Waals surface area (Å²) in [5.74, 6) is 0.0573. The van der Waals surface area contributed by atoms with Gasteiger partial charge in [0.2, 0.25) is 5.91 Å². The quantitative estimate of drug-likeness (QED) is 0.899. The number of aromatic nitrogens is 1. The second-order valence-electron chi connectivity index (χ2n) is 4.45. The van der Waals surface area contributed by atoms with Crippen LogP contribution in [0.2, 0.25) is 0 Å². The van der Waals surface area contributed by atoms with E-state index in [0.717, 1.165) is 13.1 Å². The van der Waals surface area contributed by atoms with Gasteiger partial charge in [0.15, 0.2) is 5.13 Å². The first-order valence-electron chi connectivity index (χ1n) is 6.22. The number of thiazole rings is 1. The predicted molar refractivity (Wildman–Crippen MR) is 70.2 cm³/mol. The summed E-state index contributed by atoms with van der Waals surface area (Å²) in [5, 5.41) is 5.42. The molecule has 5 heteroatoms. The zero-order chi connectivity index (χ0) is 12.1. The zero-order valence-corrected chi connectivity index (χ0v) is 11.0. The lowest BCUT2D eigenvalue weighted by atomic mass is 10.2. The van der Waals surface area contributed by atoms with Crippen molar-refractivity contribution in [2.24, 2.45) is 0 Å². The van der Waals surface area contributed by atoms with Gasteiger partial charge in [0, 0.05) is 11.6 Å². The third-order valence-electron chi connectivity index (χ3n) is 3.23. The first kappa shape index (κ1) is 12.5. The van der Waals surface area contributed by atoms with Gasteiger partial charge in [0.1, 0.15) is 0 Å². The van der Waals surface area contributed by atoms with Crippen LogP contribution in [0.3, 0.4) is 0 Å². The van der Waals surface area contributed by atoms with Crippen molar-refractivity contribution in [2.45, 2.75) is 38.6 Å². The van der Waals surface area contributed by atoms with Crippen molar-refractivity contribution in [3.05, 3.63) is 11.6 Å². The lowest BCUT2D eigenvalue weighted by Crippen LogP contribution is -2.42. The molecule has 1 N–H and O–H groups in total. The number of nitrogens with one attached hydrogen (secondary N) is 1. The molecule has 4 nitrogen and oxygen atoms in total. The normalized spacial score (nSPS) is 19.6. The summed E-state index contributed by atoms with van der Waals surface area (Å²) >= 11 is 1.46. The average Bonchev–Trinajstić information content (AvgIpc) is 2.68. The molecule has 0 spiro atoms. The topological polar surface area (TPSA) is 45.2 Å². The summed E-state index contributed by atoms with van der Waals surface area (Å²) in [7, 11) is 0. The molecule has 1 fully saturated rings. The van der Waals surface area contributed by atoms with Crippen molar-refractivity contribution in [1.82, 2.24) is 9.88 Å². The van der Waals surface area contributed by atoms with E-state index in [4.69, 9.17) is 0 Å². The van der Waals surface area contributed by atoms with Gasteiger partial charge < -0.3 is 5.32 Å². The molecule has 1 amide bonds. The SMILES string of the molecule is C[C@@H](C(=O)Nc1nccs1)N1CCCCCC1. The van der Waals surface area contributed by atoms with Gasteiger partial charge in [-0.25, -0.2) is 4.98 Å². The maximum Gasteiger partial charge on any atom is 0.243 e. The molecule has 2 heterocycles. The van der Waals surface area contributed by atoms with Gasteiger partial charge in [-0.15, -0.1) is 11.3 Å². The number of anilines is 1. The Morgan fingerprint density at radius 2 is 2.12 bits per heavy atom. The van der Waals surface area contributed by atoms with Crippen LogP contribution in [0.15, 0.2) is 11.6 Å². The molecule has 0 aliphatic carbocycles. The van der Waals surface area contributed by atoms with Crippen LogP contribution in [0, 0.1) is 0 Å². The van der Waals surface area contributed by atoms with Crippen LogP contribution in [-0.2, 0) is 4.79 Å². The van der Waals surface area contributed by atoms with Crippen molar-refractivity contribution in [3.63, 3.8) is 0 Å². The molecule has 17 heavy (non-hydrogen) atoms. The average molecular weight is 253 g/mol. The highest BCUT2D eigenvalue weighted by Gasteiger charge is 2.22. The van der Waals surface area contributed by atoms with Gasteiger partial charge in [-0.1, -0.05) is 12.8 Å². The highest BCUT2D eigenvalue weighted by atomic mass is 32.1. The fourth-order valence-corrected chi connectivity index (χ4v) is 2.68. The number of hydrogen-bond donors (Lipinski definition) is 1. The molecule has 1 aliphatic heterocycles. The summed E-state index contributed by atoms with van der Waals surface area (Å²) in [4.78, 5) is 18.4. The number of likely N-dealkylation sites (tertiary alicyclic amines) is 1. The Morgan fingerprint density at radius 3 is 2.71 bits per heavy atom. The summed E-state index contributed by atoms with van der Waals surface area (Å²) < 4.78 is 0. The number of carbonyl (C=O) groups excluding carboxylic acids is 1. The predicted octanol–water partition coefficient (Wildman–Crippen LogP) is 2.35. The van der Waals surface area contributed by atoms with Gasteiger partial charge in [0.05, 0.1) is 6.04 Å². The summed E-state index contributed by atoms with van der Waals surface area (Å²) in [6.07, 6.45) is 6.69. The van der Waals surface area contributed by atoms with Crippen LogP contribution in [0.25, 0.3) is 0 Å². The van der Waals surface area contributed by atoms with Crippen LogP contribution in [0.5, 0.6) is 0 Å². The Morgan fingerprint density at radius 1 is 1.41 bits per heavy atom. The fraction of sp³-hybridized carbons (Fsp3) is 0.667. The molecule has 1 saturated heterocycles. The monoisotopic (exact) mass is 253 g/mol. The second kappa shape index (κ2) is 6.12. The number of amides is 1. The second-order valence-corrected chi connectivity index (χ2v) is 5.35. The lowest BCUT2D eigenvalue weighted by Gasteiger charge is -2.26. The first-order valence-corrected chi connectivity index (χ1v) is 7.10. The van der Waals surface area contributed by atoms with E-state index in [2.05, 4.69) is 15.2 Å². The van der Waals surface area contributed by atoms with Crippen molar-refractivity contribution in [3.8, 4) is 0 Å². The molecule has 1 aromatic rings. The van der Waals surface area contributed by atoms with Gasteiger partial charge >= 0.3 is 0 Å². The fourth-order valence-electron chi connectivity index (χ4n) is 2.14. The number of carbonyl (C=O) groups is 1. The molecule has 2 rings (SSSR count). The van der Waals surface area contributed by atoms with Gasteiger partial charge in [-0.05, 0) is 32.9 Å². The van der Waals surface area contributed by atoms with Crippen molar-refractivity contribution in [2.75, 3.05) is 18.4 Å². The Kier molecular flexibility index (Phi) is 4.50. The summed E-state index contributed by atoms with van der Waals surface area (Å²) in [5.41, 5.74) is 0. The summed E-state index contributed by atoms with van der Waals surface area (Å²) in [6.45, 7) is 4.05. The Hall–Kier alpha value is -0.940. The first-order chi connectivity index (χ1) is 8.27. The van der Waals surface area contributed by atoms with Crippen LogP contribution >= 0.6 is 11.3 Å². The van der Waals surface area contributed by atoms with E-state index in [1.807, 2.05) is 12.3 Å². The van der Waals surface area contributed by atoms with E-state index in [-0.39, 0.29) is 11.9 Å². The largest absolute Gasteiger partial charge is 0.301 e. The molecule has 0 unspecified atom stereocenters. The van der Waals surface area contributed by atoms with E-state index in [1.165, 1.54) is 37.0 Å². The van der Waals surface area contributed by atoms with Gasteiger partial charge in [0.25, 0.3) is 0 Å². The molecule has 0 radical (unpaired) electrons. The molecule has 1 aromatic heterocycles. The van der Waals surface area contributed by atoms with Gasteiger partial charge in [-0.2, -0.15) is 0 Å². The minimum Gasteiger partial charge on any atom is -0.301 e. The Bertz CT molecular complexity index is 345. The van der Waals surface area contributed by atoms with E-state index >= 15 is 0 Å². The van der Waals surface area contributed by atoms with Crippen LogP contribution in [-0.4, -0.2) is 34.9 Å². The number of nitrogens with zero attached hydrogens (tertiary/aromatic N) is 2. The van der Waals surface area contributed by atoms with E-state index < -0.39 is 0 Å². The molecule has 0 bridgehead atoms. The zero-order valence-electron chi connectivity index (χ0n) is 10.2. The third kappa shape index (κ3) is 3.51.